The van der Waals surface area contributed by atoms with Gasteiger partial charge in [0.2, 0.25) is 0 Å². The van der Waals surface area contributed by atoms with Crippen molar-refractivity contribution < 1.29 is 19.1 Å². The summed E-state index contributed by atoms with van der Waals surface area (Å²) in [5.41, 5.74) is 2.07. The van der Waals surface area contributed by atoms with Gasteiger partial charge >= 0.3 is 5.97 Å². The Labute approximate surface area is 167 Å². The number of methoxy groups -OCH3 is 1. The number of aryl methyl sites for hydroxylation is 1. The van der Waals surface area contributed by atoms with Crippen molar-refractivity contribution in [2.45, 2.75) is 20.0 Å². The van der Waals surface area contributed by atoms with Gasteiger partial charge in [-0.15, -0.1) is 11.3 Å². The summed E-state index contributed by atoms with van der Waals surface area (Å²) in [5.74, 6) is -0.367. The van der Waals surface area contributed by atoms with E-state index < -0.39 is 18.0 Å². The Morgan fingerprint density at radius 2 is 1.86 bits per heavy atom. The maximum atomic E-state index is 12.5. The van der Waals surface area contributed by atoms with Crippen molar-refractivity contribution in [3.05, 3.63) is 65.2 Å². The molecule has 144 valence electrons. The van der Waals surface area contributed by atoms with Crippen LogP contribution in [0.1, 0.15) is 22.3 Å². The SMILES string of the molecule is COc1cccc(NC(=O)[C@H](C)OC(=O)c2sc(-c3ccccc3)nc2C)c1. The fourth-order valence-corrected chi connectivity index (χ4v) is 3.46. The van der Waals surface area contributed by atoms with Crippen molar-refractivity contribution >= 4 is 28.9 Å². The molecular formula is C21H20N2O4S. The van der Waals surface area contributed by atoms with Gasteiger partial charge < -0.3 is 14.8 Å². The molecule has 2 aromatic carbocycles. The van der Waals surface area contributed by atoms with Crippen LogP contribution in [0.2, 0.25) is 0 Å². The average Bonchev–Trinajstić information content (AvgIpc) is 3.10. The molecule has 1 atom stereocenters. The summed E-state index contributed by atoms with van der Waals surface area (Å²) >= 11 is 1.25. The Morgan fingerprint density at radius 3 is 2.57 bits per heavy atom. The van der Waals surface area contributed by atoms with Crippen molar-refractivity contribution in [1.82, 2.24) is 4.98 Å². The summed E-state index contributed by atoms with van der Waals surface area (Å²) < 4.78 is 10.5. The van der Waals surface area contributed by atoms with E-state index in [0.29, 0.717) is 22.0 Å². The van der Waals surface area contributed by atoms with E-state index >= 15 is 0 Å². The van der Waals surface area contributed by atoms with Crippen LogP contribution >= 0.6 is 11.3 Å². The molecule has 3 rings (SSSR count). The third-order valence-corrected chi connectivity index (χ3v) is 5.18. The van der Waals surface area contributed by atoms with Crippen molar-refractivity contribution in [2.75, 3.05) is 12.4 Å². The van der Waals surface area contributed by atoms with Crippen LogP contribution in [0.3, 0.4) is 0 Å². The number of rotatable bonds is 6. The third-order valence-electron chi connectivity index (χ3n) is 3.99. The number of anilines is 1. The average molecular weight is 396 g/mol. The first kappa shape index (κ1) is 19.6. The normalized spacial score (nSPS) is 11.5. The van der Waals surface area contributed by atoms with E-state index in [0.717, 1.165) is 10.6 Å². The quantitative estimate of drug-likeness (QED) is 0.628. The number of amides is 1. The van der Waals surface area contributed by atoms with Crippen LogP contribution in [0, 0.1) is 6.92 Å². The van der Waals surface area contributed by atoms with Crippen LogP contribution in [0.15, 0.2) is 54.6 Å². The molecule has 0 unspecified atom stereocenters. The number of nitrogens with one attached hydrogen (secondary N) is 1. The summed E-state index contributed by atoms with van der Waals surface area (Å²) in [6.45, 7) is 3.28. The minimum atomic E-state index is -0.958. The van der Waals surface area contributed by atoms with E-state index in [1.54, 1.807) is 38.3 Å². The summed E-state index contributed by atoms with van der Waals surface area (Å²) in [4.78, 5) is 29.7. The van der Waals surface area contributed by atoms with Gasteiger partial charge in [-0.25, -0.2) is 9.78 Å². The lowest BCUT2D eigenvalue weighted by atomic mass is 10.2. The van der Waals surface area contributed by atoms with Gasteiger partial charge in [0, 0.05) is 17.3 Å². The van der Waals surface area contributed by atoms with E-state index in [1.165, 1.54) is 18.3 Å². The van der Waals surface area contributed by atoms with Gasteiger partial charge in [0.1, 0.15) is 15.6 Å². The first-order chi connectivity index (χ1) is 13.5. The van der Waals surface area contributed by atoms with Crippen LogP contribution in [-0.2, 0) is 9.53 Å². The van der Waals surface area contributed by atoms with Crippen LogP contribution in [0.4, 0.5) is 5.69 Å². The number of esters is 1. The molecule has 0 radical (unpaired) electrons. The Kier molecular flexibility index (Phi) is 6.06. The molecule has 1 amide bonds. The van der Waals surface area contributed by atoms with E-state index in [2.05, 4.69) is 10.3 Å². The molecule has 3 aromatic rings. The van der Waals surface area contributed by atoms with Crippen molar-refractivity contribution in [3.8, 4) is 16.3 Å². The molecule has 0 bridgehead atoms. The molecule has 0 aliphatic rings. The molecule has 0 spiro atoms. The second kappa shape index (κ2) is 8.67. The van der Waals surface area contributed by atoms with Gasteiger partial charge in [-0.3, -0.25) is 4.79 Å². The predicted octanol–water partition coefficient (Wildman–Crippen LogP) is 4.31. The topological polar surface area (TPSA) is 77.5 Å². The van der Waals surface area contributed by atoms with Crippen LogP contribution < -0.4 is 10.1 Å². The number of nitrogens with zero attached hydrogens (tertiary/aromatic N) is 1. The molecule has 0 aliphatic carbocycles. The number of benzene rings is 2. The zero-order chi connectivity index (χ0) is 20.1. The molecule has 1 heterocycles. The number of thiazole rings is 1. The number of aromatic nitrogens is 1. The van der Waals surface area contributed by atoms with Gasteiger partial charge in [-0.1, -0.05) is 36.4 Å². The largest absolute Gasteiger partial charge is 0.497 e. The Morgan fingerprint density at radius 1 is 1.11 bits per heavy atom. The van der Waals surface area contributed by atoms with Crippen LogP contribution in [0.5, 0.6) is 5.75 Å². The zero-order valence-corrected chi connectivity index (χ0v) is 16.6. The third kappa shape index (κ3) is 4.55. The molecule has 0 aliphatic heterocycles. The highest BCUT2D eigenvalue weighted by Crippen LogP contribution is 2.28. The number of hydrogen-bond donors (Lipinski definition) is 1. The van der Waals surface area contributed by atoms with Gasteiger partial charge in [-0.2, -0.15) is 0 Å². The van der Waals surface area contributed by atoms with E-state index in [4.69, 9.17) is 9.47 Å². The number of ether oxygens (including phenoxy) is 2. The summed E-state index contributed by atoms with van der Waals surface area (Å²) in [6, 6.07) is 16.5. The molecular weight excluding hydrogens is 376 g/mol. The first-order valence-corrected chi connectivity index (χ1v) is 9.48. The molecule has 1 aromatic heterocycles. The molecule has 28 heavy (non-hydrogen) atoms. The molecule has 7 heteroatoms. The smallest absolute Gasteiger partial charge is 0.351 e. The standard InChI is InChI=1S/C21H20N2O4S/c1-13-18(28-20(22-13)15-8-5-4-6-9-15)21(25)27-14(2)19(24)23-16-10-7-11-17(12-16)26-3/h4-12,14H,1-3H3,(H,23,24)/t14-/m0/s1. The van der Waals surface area contributed by atoms with E-state index in [9.17, 15) is 9.59 Å². The minimum Gasteiger partial charge on any atom is -0.497 e. The lowest BCUT2D eigenvalue weighted by Crippen LogP contribution is -2.29. The second-order valence-corrected chi connectivity index (χ2v) is 7.07. The van der Waals surface area contributed by atoms with Gasteiger partial charge in [-0.05, 0) is 26.0 Å². The monoisotopic (exact) mass is 396 g/mol. The highest BCUT2D eigenvalue weighted by atomic mass is 32.1. The van der Waals surface area contributed by atoms with Crippen LogP contribution in [-0.4, -0.2) is 30.1 Å². The predicted molar refractivity (Wildman–Crippen MR) is 109 cm³/mol. The number of carbonyl (C=O) groups is 2. The van der Waals surface area contributed by atoms with Gasteiger partial charge in [0.05, 0.1) is 12.8 Å². The fraction of sp³-hybridized carbons (Fsp3) is 0.190. The van der Waals surface area contributed by atoms with Crippen molar-refractivity contribution in [3.63, 3.8) is 0 Å². The van der Waals surface area contributed by atoms with Crippen molar-refractivity contribution in [1.29, 1.82) is 0 Å². The van der Waals surface area contributed by atoms with Gasteiger partial charge in [0.15, 0.2) is 6.10 Å². The summed E-state index contributed by atoms with van der Waals surface area (Å²) in [5, 5.41) is 3.45. The number of hydrogen-bond acceptors (Lipinski definition) is 6. The van der Waals surface area contributed by atoms with Gasteiger partial charge in [0.25, 0.3) is 5.91 Å². The lowest BCUT2D eigenvalue weighted by molar-refractivity contribution is -0.123. The summed E-state index contributed by atoms with van der Waals surface area (Å²) in [7, 11) is 1.55. The minimum absolute atomic E-state index is 0.389. The van der Waals surface area contributed by atoms with Crippen molar-refractivity contribution in [2.24, 2.45) is 0 Å². The summed E-state index contributed by atoms with van der Waals surface area (Å²) in [6.07, 6.45) is -0.958. The Bertz CT molecular complexity index is 985. The molecule has 6 nitrogen and oxygen atoms in total. The fourth-order valence-electron chi connectivity index (χ4n) is 2.50. The highest BCUT2D eigenvalue weighted by molar-refractivity contribution is 7.17. The number of carbonyl (C=O) groups excluding carboxylic acids is 2. The lowest BCUT2D eigenvalue weighted by Gasteiger charge is -2.13. The van der Waals surface area contributed by atoms with E-state index in [1.807, 2.05) is 30.3 Å². The molecule has 1 N–H and O–H groups in total. The Hall–Kier alpha value is -3.19. The Balaban J connectivity index is 1.67. The first-order valence-electron chi connectivity index (χ1n) is 8.66. The van der Waals surface area contributed by atoms with E-state index in [-0.39, 0.29) is 0 Å². The van der Waals surface area contributed by atoms with Crippen LogP contribution in [0.25, 0.3) is 10.6 Å². The highest BCUT2D eigenvalue weighted by Gasteiger charge is 2.23. The molecule has 0 saturated carbocycles. The maximum absolute atomic E-state index is 12.5. The zero-order valence-electron chi connectivity index (χ0n) is 15.8. The molecule has 0 fully saturated rings. The molecule has 0 saturated heterocycles. The maximum Gasteiger partial charge on any atom is 0.351 e. The second-order valence-electron chi connectivity index (χ2n) is 6.07.